The maximum Gasteiger partial charge on any atom is 0.0596 e. The zero-order chi connectivity index (χ0) is 13.1. The fourth-order valence-corrected chi connectivity index (χ4v) is 3.32. The zero-order valence-corrected chi connectivity index (χ0v) is 12.0. The van der Waals surface area contributed by atoms with E-state index in [9.17, 15) is 0 Å². The van der Waals surface area contributed by atoms with Gasteiger partial charge in [-0.2, -0.15) is 5.10 Å². The van der Waals surface area contributed by atoms with Crippen molar-refractivity contribution in [2.24, 2.45) is 17.6 Å². The van der Waals surface area contributed by atoms with Crippen molar-refractivity contribution in [3.8, 4) is 0 Å². The predicted octanol–water partition coefficient (Wildman–Crippen LogP) is 2.91. The number of aromatic nitrogens is 2. The summed E-state index contributed by atoms with van der Waals surface area (Å²) in [6.45, 7) is 7.50. The molecule has 1 heterocycles. The third-order valence-corrected chi connectivity index (χ3v) is 4.31. The van der Waals surface area contributed by atoms with Gasteiger partial charge in [0.05, 0.1) is 5.69 Å². The molecule has 1 aliphatic carbocycles. The summed E-state index contributed by atoms with van der Waals surface area (Å²) < 4.78 is 2.10. The zero-order valence-electron chi connectivity index (χ0n) is 12.0. The van der Waals surface area contributed by atoms with Crippen molar-refractivity contribution in [1.82, 2.24) is 9.78 Å². The molecule has 2 rings (SSSR count). The maximum atomic E-state index is 6.43. The largest absolute Gasteiger partial charge is 0.327 e. The minimum Gasteiger partial charge on any atom is -0.327 e. The molecule has 2 N–H and O–H groups in total. The summed E-state index contributed by atoms with van der Waals surface area (Å²) in [4.78, 5) is 0. The molecule has 0 spiro atoms. The summed E-state index contributed by atoms with van der Waals surface area (Å²) in [5, 5.41) is 4.50. The van der Waals surface area contributed by atoms with Crippen LogP contribution in [0.3, 0.4) is 0 Å². The van der Waals surface area contributed by atoms with Gasteiger partial charge in [0.25, 0.3) is 0 Å². The second-order valence-corrected chi connectivity index (χ2v) is 5.99. The first-order chi connectivity index (χ1) is 8.60. The van der Waals surface area contributed by atoms with Crippen molar-refractivity contribution in [2.75, 3.05) is 0 Å². The van der Waals surface area contributed by atoms with E-state index in [1.165, 1.54) is 31.4 Å². The lowest BCUT2D eigenvalue weighted by Gasteiger charge is -2.31. The van der Waals surface area contributed by atoms with Crippen molar-refractivity contribution in [3.05, 3.63) is 17.5 Å². The second kappa shape index (κ2) is 5.87. The molecule has 18 heavy (non-hydrogen) atoms. The van der Waals surface area contributed by atoms with Gasteiger partial charge in [-0.05, 0) is 44.6 Å². The van der Waals surface area contributed by atoms with Crippen LogP contribution in [0.15, 0.2) is 6.07 Å². The number of rotatable bonds is 4. The Morgan fingerprint density at radius 3 is 2.94 bits per heavy atom. The highest BCUT2D eigenvalue weighted by atomic mass is 15.3. The monoisotopic (exact) mass is 249 g/mol. The summed E-state index contributed by atoms with van der Waals surface area (Å²) >= 11 is 0. The van der Waals surface area contributed by atoms with E-state index in [4.69, 9.17) is 5.73 Å². The van der Waals surface area contributed by atoms with Crippen LogP contribution in [-0.2, 0) is 13.0 Å². The average molecular weight is 249 g/mol. The van der Waals surface area contributed by atoms with Gasteiger partial charge < -0.3 is 5.73 Å². The van der Waals surface area contributed by atoms with E-state index in [2.05, 4.69) is 36.6 Å². The summed E-state index contributed by atoms with van der Waals surface area (Å²) in [6, 6.07) is 2.49. The number of hydrogen-bond donors (Lipinski definition) is 1. The van der Waals surface area contributed by atoms with E-state index in [1.54, 1.807) is 0 Å². The Kier molecular flexibility index (Phi) is 4.44. The summed E-state index contributed by atoms with van der Waals surface area (Å²) in [5.41, 5.74) is 8.85. The highest BCUT2D eigenvalue weighted by molar-refractivity contribution is 5.10. The van der Waals surface area contributed by atoms with Gasteiger partial charge in [0.15, 0.2) is 0 Å². The Balaban J connectivity index is 1.99. The number of nitrogens with two attached hydrogens (primary N) is 1. The first-order valence-corrected chi connectivity index (χ1v) is 7.39. The van der Waals surface area contributed by atoms with Crippen LogP contribution in [0.5, 0.6) is 0 Å². The maximum absolute atomic E-state index is 6.43. The van der Waals surface area contributed by atoms with E-state index in [1.807, 2.05) is 0 Å². The van der Waals surface area contributed by atoms with Gasteiger partial charge >= 0.3 is 0 Å². The van der Waals surface area contributed by atoms with Crippen LogP contribution in [0, 0.1) is 18.8 Å². The molecule has 0 aliphatic heterocycles. The molecule has 1 fully saturated rings. The molecule has 1 saturated carbocycles. The normalized spacial score (nSPS) is 26.2. The lowest BCUT2D eigenvalue weighted by Crippen LogP contribution is -2.35. The molecule has 1 aliphatic rings. The molecule has 3 heteroatoms. The Bertz CT molecular complexity index is 383. The van der Waals surface area contributed by atoms with E-state index >= 15 is 0 Å². The topological polar surface area (TPSA) is 43.8 Å². The van der Waals surface area contributed by atoms with Crippen LogP contribution in [0.2, 0.25) is 0 Å². The first kappa shape index (κ1) is 13.6. The van der Waals surface area contributed by atoms with Crippen molar-refractivity contribution in [1.29, 1.82) is 0 Å². The lowest BCUT2D eigenvalue weighted by atomic mass is 9.78. The molecule has 1 aromatic rings. The molecule has 1 aromatic heterocycles. The molecular formula is C15H27N3. The molecule has 0 saturated heterocycles. The highest BCUT2D eigenvalue weighted by Gasteiger charge is 2.25. The molecule has 3 nitrogen and oxygen atoms in total. The van der Waals surface area contributed by atoms with Crippen LogP contribution in [0.4, 0.5) is 0 Å². The second-order valence-electron chi connectivity index (χ2n) is 5.99. The quantitative estimate of drug-likeness (QED) is 0.891. The van der Waals surface area contributed by atoms with Gasteiger partial charge in [0, 0.05) is 24.7 Å². The standard InChI is InChI=1S/C15H27N3/c1-4-18-14(9-12(3)17-18)10-15(16)13-7-5-6-11(2)8-13/h9,11,13,15H,4-8,10,16H2,1-3H3. The summed E-state index contributed by atoms with van der Waals surface area (Å²) in [7, 11) is 0. The predicted molar refractivity (Wildman–Crippen MR) is 75.4 cm³/mol. The highest BCUT2D eigenvalue weighted by Crippen LogP contribution is 2.31. The Hall–Kier alpha value is -0.830. The SMILES string of the molecule is CCn1nc(C)cc1CC(N)C1CCCC(C)C1. The number of hydrogen-bond acceptors (Lipinski definition) is 2. The number of aryl methyl sites for hydroxylation is 2. The Morgan fingerprint density at radius 2 is 2.28 bits per heavy atom. The van der Waals surface area contributed by atoms with Gasteiger partial charge in [-0.15, -0.1) is 0 Å². The fourth-order valence-electron chi connectivity index (χ4n) is 3.32. The molecular weight excluding hydrogens is 222 g/mol. The van der Waals surface area contributed by atoms with Crippen molar-refractivity contribution in [2.45, 2.75) is 65.5 Å². The van der Waals surface area contributed by atoms with E-state index in [0.717, 1.165) is 24.6 Å². The van der Waals surface area contributed by atoms with E-state index in [-0.39, 0.29) is 0 Å². The van der Waals surface area contributed by atoms with E-state index < -0.39 is 0 Å². The van der Waals surface area contributed by atoms with Crippen molar-refractivity contribution in [3.63, 3.8) is 0 Å². The van der Waals surface area contributed by atoms with Gasteiger partial charge in [-0.3, -0.25) is 4.68 Å². The minimum atomic E-state index is 0.300. The Labute approximate surface area is 111 Å². The number of nitrogens with zero attached hydrogens (tertiary/aromatic N) is 2. The van der Waals surface area contributed by atoms with Gasteiger partial charge in [0.2, 0.25) is 0 Å². The van der Waals surface area contributed by atoms with Gasteiger partial charge in [-0.1, -0.05) is 19.8 Å². The van der Waals surface area contributed by atoms with Crippen molar-refractivity contribution < 1.29 is 0 Å². The van der Waals surface area contributed by atoms with Gasteiger partial charge in [0.1, 0.15) is 0 Å². The van der Waals surface area contributed by atoms with Crippen LogP contribution in [0.25, 0.3) is 0 Å². The third kappa shape index (κ3) is 3.14. The van der Waals surface area contributed by atoms with Crippen molar-refractivity contribution >= 4 is 0 Å². The smallest absolute Gasteiger partial charge is 0.0596 e. The van der Waals surface area contributed by atoms with Gasteiger partial charge in [-0.25, -0.2) is 0 Å². The summed E-state index contributed by atoms with van der Waals surface area (Å²) in [6.07, 6.45) is 6.33. The summed E-state index contributed by atoms with van der Waals surface area (Å²) in [5.74, 6) is 1.56. The molecule has 0 radical (unpaired) electrons. The molecule has 0 amide bonds. The van der Waals surface area contributed by atoms with E-state index in [0.29, 0.717) is 12.0 Å². The molecule has 3 unspecified atom stereocenters. The fraction of sp³-hybridized carbons (Fsp3) is 0.800. The van der Waals surface area contributed by atoms with Crippen LogP contribution in [-0.4, -0.2) is 15.8 Å². The first-order valence-electron chi connectivity index (χ1n) is 7.39. The lowest BCUT2D eigenvalue weighted by molar-refractivity contribution is 0.243. The minimum absolute atomic E-state index is 0.300. The van der Waals surface area contributed by atoms with Crippen LogP contribution < -0.4 is 5.73 Å². The average Bonchev–Trinajstić information content (AvgIpc) is 2.69. The molecule has 0 aromatic carbocycles. The van der Waals surface area contributed by atoms with Crippen LogP contribution in [0.1, 0.15) is 50.9 Å². The third-order valence-electron chi connectivity index (χ3n) is 4.31. The molecule has 102 valence electrons. The molecule has 3 atom stereocenters. The Morgan fingerprint density at radius 1 is 1.50 bits per heavy atom. The molecule has 0 bridgehead atoms. The van der Waals surface area contributed by atoms with Crippen LogP contribution >= 0.6 is 0 Å².